The molecule has 0 saturated heterocycles. The lowest BCUT2D eigenvalue weighted by atomic mass is 9.84. The Bertz CT molecular complexity index is 196. The van der Waals surface area contributed by atoms with E-state index in [-0.39, 0.29) is 5.92 Å². The summed E-state index contributed by atoms with van der Waals surface area (Å²) in [6.45, 7) is 0. The van der Waals surface area contributed by atoms with Crippen LogP contribution in [0.1, 0.15) is 25.7 Å². The number of quaternary nitrogens is 1. The molecule has 2 atom stereocenters. The molecule has 76 valence electrons. The third-order valence-corrected chi connectivity index (χ3v) is 3.09. The van der Waals surface area contributed by atoms with Gasteiger partial charge in [-0.15, -0.1) is 0 Å². The highest BCUT2D eigenvalue weighted by Gasteiger charge is 2.33. The Kier molecular flexibility index (Phi) is 2.96. The molecule has 0 amide bonds. The molecule has 0 heterocycles. The average Bonchev–Trinajstić information content (AvgIpc) is 2.03. The zero-order valence-corrected chi connectivity index (χ0v) is 8.79. The summed E-state index contributed by atoms with van der Waals surface area (Å²) in [4.78, 5) is 10.8. The second-order valence-electron chi connectivity index (χ2n) is 4.97. The maximum atomic E-state index is 10.8. The molecular weight excluding hydrogens is 166 g/mol. The van der Waals surface area contributed by atoms with Crippen molar-refractivity contribution < 1.29 is 14.4 Å². The van der Waals surface area contributed by atoms with Gasteiger partial charge in [0.15, 0.2) is 0 Å². The highest BCUT2D eigenvalue weighted by molar-refractivity contribution is 5.70. The van der Waals surface area contributed by atoms with Crippen molar-refractivity contribution in [1.82, 2.24) is 0 Å². The van der Waals surface area contributed by atoms with E-state index in [1.165, 1.54) is 6.42 Å². The van der Waals surface area contributed by atoms with Crippen LogP contribution in [0.25, 0.3) is 0 Å². The first-order chi connectivity index (χ1) is 5.91. The summed E-state index contributed by atoms with van der Waals surface area (Å²) in [6.07, 6.45) is 3.95. The van der Waals surface area contributed by atoms with Gasteiger partial charge in [0.1, 0.15) is 0 Å². The van der Waals surface area contributed by atoms with Crippen molar-refractivity contribution in [3.8, 4) is 0 Å². The van der Waals surface area contributed by atoms with Crippen molar-refractivity contribution in [2.45, 2.75) is 31.7 Å². The molecule has 13 heavy (non-hydrogen) atoms. The summed E-state index contributed by atoms with van der Waals surface area (Å²) < 4.78 is 0.893. The molecule has 0 aromatic heterocycles. The molecule has 0 aromatic carbocycles. The van der Waals surface area contributed by atoms with E-state index in [9.17, 15) is 4.79 Å². The van der Waals surface area contributed by atoms with Crippen LogP contribution in [0.15, 0.2) is 0 Å². The van der Waals surface area contributed by atoms with Gasteiger partial charge < -0.3 is 9.59 Å². The van der Waals surface area contributed by atoms with Gasteiger partial charge in [0.2, 0.25) is 0 Å². The van der Waals surface area contributed by atoms with Crippen LogP contribution < -0.4 is 0 Å². The van der Waals surface area contributed by atoms with Gasteiger partial charge in [-0.05, 0) is 19.3 Å². The summed E-state index contributed by atoms with van der Waals surface area (Å²) in [7, 11) is 6.44. The highest BCUT2D eigenvalue weighted by Crippen LogP contribution is 2.29. The van der Waals surface area contributed by atoms with Gasteiger partial charge in [-0.25, -0.2) is 0 Å². The third kappa shape index (κ3) is 2.69. The Labute approximate surface area is 79.9 Å². The van der Waals surface area contributed by atoms with E-state index in [0.29, 0.717) is 6.04 Å². The minimum Gasteiger partial charge on any atom is -0.481 e. The first-order valence-electron chi connectivity index (χ1n) is 4.95. The fourth-order valence-electron chi connectivity index (χ4n) is 2.09. The molecule has 0 spiro atoms. The van der Waals surface area contributed by atoms with Crippen molar-refractivity contribution in [2.75, 3.05) is 21.1 Å². The lowest BCUT2D eigenvalue weighted by molar-refractivity contribution is -0.897. The molecular formula is C10H20NO2+. The van der Waals surface area contributed by atoms with Crippen LogP contribution in [-0.4, -0.2) is 42.7 Å². The molecule has 1 saturated carbocycles. The maximum absolute atomic E-state index is 10.8. The van der Waals surface area contributed by atoms with Gasteiger partial charge >= 0.3 is 5.97 Å². The quantitative estimate of drug-likeness (QED) is 0.661. The largest absolute Gasteiger partial charge is 0.481 e. The normalized spacial score (nSPS) is 30.1. The van der Waals surface area contributed by atoms with Gasteiger partial charge in [-0.3, -0.25) is 4.79 Å². The monoisotopic (exact) mass is 186 g/mol. The lowest BCUT2D eigenvalue weighted by Crippen LogP contribution is -2.48. The Hall–Kier alpha value is -0.570. The lowest BCUT2D eigenvalue weighted by Gasteiger charge is -2.38. The number of carboxylic acids is 1. The van der Waals surface area contributed by atoms with E-state index >= 15 is 0 Å². The molecule has 3 nitrogen and oxygen atoms in total. The van der Waals surface area contributed by atoms with E-state index in [4.69, 9.17) is 5.11 Å². The van der Waals surface area contributed by atoms with Gasteiger partial charge in [0.25, 0.3) is 0 Å². The number of rotatable bonds is 2. The molecule has 0 aliphatic heterocycles. The molecule has 1 aliphatic rings. The number of carbonyl (C=O) groups is 1. The minimum atomic E-state index is -0.613. The van der Waals surface area contributed by atoms with Crippen molar-refractivity contribution in [2.24, 2.45) is 5.92 Å². The van der Waals surface area contributed by atoms with E-state index in [0.717, 1.165) is 23.7 Å². The molecule has 2 unspecified atom stereocenters. The van der Waals surface area contributed by atoms with E-state index in [1.807, 2.05) is 0 Å². The first kappa shape index (κ1) is 10.5. The van der Waals surface area contributed by atoms with Crippen LogP contribution in [0.4, 0.5) is 0 Å². The fourth-order valence-corrected chi connectivity index (χ4v) is 2.09. The summed E-state index contributed by atoms with van der Waals surface area (Å²) in [6, 6.07) is 0.523. The van der Waals surface area contributed by atoms with Crippen molar-refractivity contribution >= 4 is 5.97 Å². The van der Waals surface area contributed by atoms with Crippen molar-refractivity contribution in [3.63, 3.8) is 0 Å². The van der Waals surface area contributed by atoms with Crippen LogP contribution >= 0.6 is 0 Å². The van der Waals surface area contributed by atoms with Crippen molar-refractivity contribution in [1.29, 1.82) is 0 Å². The predicted octanol–water partition coefficient (Wildman–Crippen LogP) is 1.34. The minimum absolute atomic E-state index is 0.101. The number of nitrogens with zero attached hydrogens (tertiary/aromatic N) is 1. The Morgan fingerprint density at radius 3 is 2.38 bits per heavy atom. The number of aliphatic carboxylic acids is 1. The molecule has 0 radical (unpaired) electrons. The van der Waals surface area contributed by atoms with Crippen LogP contribution in [-0.2, 0) is 4.79 Å². The smallest absolute Gasteiger partial charge is 0.306 e. The summed E-state index contributed by atoms with van der Waals surface area (Å²) >= 11 is 0. The maximum Gasteiger partial charge on any atom is 0.306 e. The van der Waals surface area contributed by atoms with Gasteiger partial charge in [0.05, 0.1) is 33.1 Å². The zero-order chi connectivity index (χ0) is 10.1. The Morgan fingerprint density at radius 2 is 1.92 bits per heavy atom. The number of hydrogen-bond donors (Lipinski definition) is 1. The highest BCUT2D eigenvalue weighted by atomic mass is 16.4. The first-order valence-corrected chi connectivity index (χ1v) is 4.95. The number of hydrogen-bond acceptors (Lipinski definition) is 1. The molecule has 0 bridgehead atoms. The fraction of sp³-hybridized carbons (Fsp3) is 0.900. The average molecular weight is 186 g/mol. The Balaban J connectivity index is 2.57. The SMILES string of the molecule is C[N+](C)(C)C1CCCC(C(=O)O)C1. The second kappa shape index (κ2) is 3.66. The summed E-state index contributed by atoms with van der Waals surface area (Å²) in [5, 5.41) is 8.91. The summed E-state index contributed by atoms with van der Waals surface area (Å²) in [5.74, 6) is -0.714. The molecule has 1 aliphatic carbocycles. The second-order valence-corrected chi connectivity index (χ2v) is 4.97. The van der Waals surface area contributed by atoms with Crippen LogP contribution in [0, 0.1) is 5.92 Å². The Morgan fingerprint density at radius 1 is 1.31 bits per heavy atom. The van der Waals surface area contributed by atoms with E-state index in [1.54, 1.807) is 0 Å². The topological polar surface area (TPSA) is 37.3 Å². The standard InChI is InChI=1S/C10H19NO2/c1-11(2,3)9-6-4-5-8(7-9)10(12)13/h8-9H,4-7H2,1-3H3/p+1. The molecule has 3 heteroatoms. The molecule has 1 rings (SSSR count). The molecule has 1 fully saturated rings. The van der Waals surface area contributed by atoms with Crippen LogP contribution in [0.3, 0.4) is 0 Å². The number of carboxylic acid groups (broad SMARTS) is 1. The zero-order valence-electron chi connectivity index (χ0n) is 8.79. The van der Waals surface area contributed by atoms with Crippen LogP contribution in [0.5, 0.6) is 0 Å². The molecule has 0 aromatic rings. The van der Waals surface area contributed by atoms with E-state index < -0.39 is 5.97 Å². The third-order valence-electron chi connectivity index (χ3n) is 3.09. The molecule has 1 N–H and O–H groups in total. The van der Waals surface area contributed by atoms with E-state index in [2.05, 4.69) is 21.1 Å². The van der Waals surface area contributed by atoms with Crippen molar-refractivity contribution in [3.05, 3.63) is 0 Å². The van der Waals surface area contributed by atoms with Crippen LogP contribution in [0.2, 0.25) is 0 Å². The van der Waals surface area contributed by atoms with Gasteiger partial charge in [0, 0.05) is 6.42 Å². The summed E-state index contributed by atoms with van der Waals surface area (Å²) in [5.41, 5.74) is 0. The predicted molar refractivity (Wildman–Crippen MR) is 51.4 cm³/mol. The van der Waals surface area contributed by atoms with Gasteiger partial charge in [-0.1, -0.05) is 0 Å². The van der Waals surface area contributed by atoms with Gasteiger partial charge in [-0.2, -0.15) is 0 Å².